The first kappa shape index (κ1) is 27.5. The van der Waals surface area contributed by atoms with Gasteiger partial charge < -0.3 is 14.8 Å². The smallest absolute Gasteiger partial charge is 0.175 e. The molecule has 41 heavy (non-hydrogen) atoms. The number of benzene rings is 4. The Morgan fingerprint density at radius 1 is 1.00 bits per heavy atom. The number of allylic oxidation sites excluding steroid dienone is 2. The molecule has 0 bridgehead atoms. The lowest BCUT2D eigenvalue weighted by Crippen LogP contribution is -2.29. The standard InChI is InChI=1S/C35H32FIN2O2/c1-3-40-33-19-24(18-31(37)35(33)41-21-23-8-12-26(36)13-9-23)20-38-27-14-10-25(11-15-27)34-29-6-4-5-28(29)30-17-22(2)7-16-32(30)39-34/h4-5,7-20,28-29,34,39H,3,6,21H2,1-2H3/t28-,29+,34-/m0/s1. The summed E-state index contributed by atoms with van der Waals surface area (Å²) in [5, 5.41) is 3.82. The van der Waals surface area contributed by atoms with Crippen molar-refractivity contribution in [2.45, 2.75) is 38.8 Å². The largest absolute Gasteiger partial charge is 0.490 e. The lowest BCUT2D eigenvalue weighted by Gasteiger charge is -2.37. The van der Waals surface area contributed by atoms with Gasteiger partial charge in [-0.3, -0.25) is 4.99 Å². The molecular weight excluding hydrogens is 626 g/mol. The molecular formula is C35H32FIN2O2. The minimum Gasteiger partial charge on any atom is -0.490 e. The molecule has 4 nitrogen and oxygen atoms in total. The van der Waals surface area contributed by atoms with Crippen LogP contribution in [0.5, 0.6) is 11.5 Å². The summed E-state index contributed by atoms with van der Waals surface area (Å²) in [6, 6.07) is 25.9. The van der Waals surface area contributed by atoms with Gasteiger partial charge in [0.25, 0.3) is 0 Å². The van der Waals surface area contributed by atoms with Crippen molar-refractivity contribution in [2.75, 3.05) is 11.9 Å². The molecule has 4 aromatic carbocycles. The zero-order valence-corrected chi connectivity index (χ0v) is 25.3. The Bertz CT molecular complexity index is 1600. The van der Waals surface area contributed by atoms with E-state index in [4.69, 9.17) is 14.5 Å². The first-order chi connectivity index (χ1) is 20.0. The second-order valence-electron chi connectivity index (χ2n) is 10.6. The molecule has 1 aliphatic carbocycles. The summed E-state index contributed by atoms with van der Waals surface area (Å²) in [4.78, 5) is 4.76. The molecule has 2 aliphatic rings. The Balaban J connectivity index is 1.17. The number of aryl methyl sites for hydroxylation is 1. The zero-order valence-electron chi connectivity index (χ0n) is 23.1. The third-order valence-electron chi connectivity index (χ3n) is 7.76. The second kappa shape index (κ2) is 12.1. The molecule has 0 radical (unpaired) electrons. The van der Waals surface area contributed by atoms with E-state index in [9.17, 15) is 4.39 Å². The van der Waals surface area contributed by atoms with Gasteiger partial charge >= 0.3 is 0 Å². The maximum atomic E-state index is 13.3. The van der Waals surface area contributed by atoms with E-state index in [1.165, 1.54) is 34.5 Å². The van der Waals surface area contributed by atoms with Crippen LogP contribution in [0.2, 0.25) is 0 Å². The molecule has 6 rings (SSSR count). The number of ether oxygens (including phenoxy) is 2. The van der Waals surface area contributed by atoms with Gasteiger partial charge in [0.15, 0.2) is 11.5 Å². The summed E-state index contributed by atoms with van der Waals surface area (Å²) < 4.78 is 26.2. The molecule has 208 valence electrons. The molecule has 3 atom stereocenters. The summed E-state index contributed by atoms with van der Waals surface area (Å²) in [5.41, 5.74) is 7.95. The van der Waals surface area contributed by atoms with Crippen LogP contribution in [0.25, 0.3) is 0 Å². The van der Waals surface area contributed by atoms with Crippen LogP contribution in [-0.2, 0) is 6.61 Å². The van der Waals surface area contributed by atoms with E-state index in [1.54, 1.807) is 12.1 Å². The van der Waals surface area contributed by atoms with E-state index < -0.39 is 0 Å². The zero-order chi connectivity index (χ0) is 28.3. The molecule has 0 spiro atoms. The molecule has 0 saturated heterocycles. The van der Waals surface area contributed by atoms with Gasteiger partial charge in [-0.25, -0.2) is 4.39 Å². The van der Waals surface area contributed by atoms with Crippen molar-refractivity contribution in [3.63, 3.8) is 0 Å². The topological polar surface area (TPSA) is 42.8 Å². The van der Waals surface area contributed by atoms with Gasteiger partial charge in [0.05, 0.1) is 21.9 Å². The molecule has 6 heteroatoms. The van der Waals surface area contributed by atoms with Crippen molar-refractivity contribution in [1.82, 2.24) is 0 Å². The second-order valence-corrected chi connectivity index (χ2v) is 11.8. The third kappa shape index (κ3) is 6.03. The fraction of sp³-hybridized carbons (Fsp3) is 0.229. The number of rotatable bonds is 8. The Morgan fingerprint density at radius 2 is 1.80 bits per heavy atom. The van der Waals surface area contributed by atoms with Crippen LogP contribution < -0.4 is 14.8 Å². The van der Waals surface area contributed by atoms with Crippen LogP contribution in [0, 0.1) is 22.2 Å². The highest BCUT2D eigenvalue weighted by Gasteiger charge is 2.37. The van der Waals surface area contributed by atoms with Gasteiger partial charge in [-0.1, -0.05) is 54.1 Å². The average Bonchev–Trinajstić information content (AvgIpc) is 3.47. The SMILES string of the molecule is CCOc1cc(C=Nc2ccc([C@@H]3Nc4ccc(C)cc4[C@H]4C=CC[C@H]43)cc2)cc(I)c1OCc1ccc(F)cc1. The van der Waals surface area contributed by atoms with E-state index in [0.29, 0.717) is 36.5 Å². The van der Waals surface area contributed by atoms with E-state index in [0.717, 1.165) is 26.8 Å². The van der Waals surface area contributed by atoms with E-state index in [1.807, 2.05) is 25.3 Å². The molecule has 4 aromatic rings. The Labute approximate surface area is 254 Å². The normalized spacial score (nSPS) is 19.1. The van der Waals surface area contributed by atoms with Gasteiger partial charge in [-0.15, -0.1) is 0 Å². The Hall–Kier alpha value is -3.65. The molecule has 0 aromatic heterocycles. The highest BCUT2D eigenvalue weighted by molar-refractivity contribution is 14.1. The lowest BCUT2D eigenvalue weighted by molar-refractivity contribution is 0.267. The predicted molar refractivity (Wildman–Crippen MR) is 172 cm³/mol. The minimum absolute atomic E-state index is 0.261. The highest BCUT2D eigenvalue weighted by Crippen LogP contribution is 2.50. The Morgan fingerprint density at radius 3 is 2.59 bits per heavy atom. The van der Waals surface area contributed by atoms with Gasteiger partial charge in [0.2, 0.25) is 0 Å². The predicted octanol–water partition coefficient (Wildman–Crippen LogP) is 9.29. The van der Waals surface area contributed by atoms with Crippen LogP contribution in [0.3, 0.4) is 0 Å². The fourth-order valence-electron chi connectivity index (χ4n) is 5.76. The number of hydrogen-bond acceptors (Lipinski definition) is 4. The maximum Gasteiger partial charge on any atom is 0.175 e. The van der Waals surface area contributed by atoms with Crippen LogP contribution in [0.4, 0.5) is 15.8 Å². The summed E-state index contributed by atoms with van der Waals surface area (Å²) in [6.45, 7) is 4.95. The first-order valence-electron chi connectivity index (χ1n) is 14.0. The Kier molecular flexibility index (Phi) is 8.10. The molecule has 0 fully saturated rings. The number of fused-ring (bicyclic) bond motifs is 3. The van der Waals surface area contributed by atoms with Gasteiger partial charge in [-0.2, -0.15) is 0 Å². The van der Waals surface area contributed by atoms with Crippen molar-refractivity contribution in [3.8, 4) is 11.5 Å². The fourth-order valence-corrected chi connectivity index (χ4v) is 6.54. The van der Waals surface area contributed by atoms with Crippen LogP contribution in [0.15, 0.2) is 96.0 Å². The van der Waals surface area contributed by atoms with Gasteiger partial charge in [-0.05, 0) is 113 Å². The molecule has 1 N–H and O–H groups in total. The highest BCUT2D eigenvalue weighted by atomic mass is 127. The van der Waals surface area contributed by atoms with E-state index in [-0.39, 0.29) is 11.9 Å². The average molecular weight is 659 g/mol. The monoisotopic (exact) mass is 658 g/mol. The molecule has 1 heterocycles. The molecule has 0 saturated carbocycles. The number of nitrogens with zero attached hydrogens (tertiary/aromatic N) is 1. The van der Waals surface area contributed by atoms with Crippen LogP contribution in [0.1, 0.15) is 53.1 Å². The minimum atomic E-state index is -0.261. The molecule has 0 amide bonds. The maximum absolute atomic E-state index is 13.3. The van der Waals surface area contributed by atoms with Crippen LogP contribution in [-0.4, -0.2) is 12.8 Å². The summed E-state index contributed by atoms with van der Waals surface area (Å²) in [6.07, 6.45) is 7.65. The summed E-state index contributed by atoms with van der Waals surface area (Å²) in [5.74, 6) is 2.05. The third-order valence-corrected chi connectivity index (χ3v) is 8.56. The summed E-state index contributed by atoms with van der Waals surface area (Å²) in [7, 11) is 0. The first-order valence-corrected chi connectivity index (χ1v) is 15.1. The van der Waals surface area contributed by atoms with Crippen molar-refractivity contribution in [2.24, 2.45) is 10.9 Å². The number of halogens is 2. The number of nitrogens with one attached hydrogen (secondary N) is 1. The van der Waals surface area contributed by atoms with Gasteiger partial charge in [0.1, 0.15) is 12.4 Å². The lowest BCUT2D eigenvalue weighted by atomic mass is 9.76. The number of anilines is 1. The van der Waals surface area contributed by atoms with Crippen molar-refractivity contribution in [3.05, 3.63) is 128 Å². The van der Waals surface area contributed by atoms with Crippen molar-refractivity contribution >= 4 is 40.2 Å². The summed E-state index contributed by atoms with van der Waals surface area (Å²) >= 11 is 2.26. The molecule has 0 unspecified atom stereocenters. The van der Waals surface area contributed by atoms with Crippen molar-refractivity contribution in [1.29, 1.82) is 0 Å². The van der Waals surface area contributed by atoms with Crippen molar-refractivity contribution < 1.29 is 13.9 Å². The quantitative estimate of drug-likeness (QED) is 0.117. The van der Waals surface area contributed by atoms with Crippen LogP contribution >= 0.6 is 22.6 Å². The van der Waals surface area contributed by atoms with E-state index >= 15 is 0 Å². The van der Waals surface area contributed by atoms with Gasteiger partial charge in [0, 0.05) is 17.8 Å². The van der Waals surface area contributed by atoms with E-state index in [2.05, 4.69) is 89.4 Å². The number of hydrogen-bond donors (Lipinski definition) is 1. The molecule has 1 aliphatic heterocycles. The number of aliphatic imine (C=N–C) groups is 1.